The highest BCUT2D eigenvalue weighted by Crippen LogP contribution is 2.44. The van der Waals surface area contributed by atoms with Crippen molar-refractivity contribution < 1.29 is 4.79 Å². The Bertz CT molecular complexity index is 295. The molecule has 1 nitrogen and oxygen atoms in total. The fraction of sp³-hybridized carbons (Fsp3) is 0.812. The molecule has 0 atom stereocenters. The van der Waals surface area contributed by atoms with Crippen molar-refractivity contribution in [2.75, 3.05) is 0 Å². The molecule has 0 amide bonds. The molecule has 0 aromatic rings. The van der Waals surface area contributed by atoms with Gasteiger partial charge in [0, 0.05) is 5.41 Å². The van der Waals surface area contributed by atoms with Crippen molar-refractivity contribution in [2.24, 2.45) is 5.41 Å². The molecule has 1 heteroatoms. The SMILES string of the molecule is CCC1(C(=O)C2=CCCCCCC2)CCCC1. The zero-order valence-electron chi connectivity index (χ0n) is 11.3. The van der Waals surface area contributed by atoms with Gasteiger partial charge in [-0.2, -0.15) is 0 Å². The molecule has 0 aromatic carbocycles. The van der Waals surface area contributed by atoms with Crippen molar-refractivity contribution in [1.82, 2.24) is 0 Å². The molecule has 0 bridgehead atoms. The molecule has 17 heavy (non-hydrogen) atoms. The minimum Gasteiger partial charge on any atom is -0.294 e. The lowest BCUT2D eigenvalue weighted by atomic mass is 9.75. The van der Waals surface area contributed by atoms with Crippen LogP contribution in [0, 0.1) is 5.41 Å². The van der Waals surface area contributed by atoms with Gasteiger partial charge in [-0.15, -0.1) is 0 Å². The average molecular weight is 234 g/mol. The van der Waals surface area contributed by atoms with E-state index in [1.54, 1.807) is 0 Å². The third-order valence-electron chi connectivity index (χ3n) is 4.80. The lowest BCUT2D eigenvalue weighted by Gasteiger charge is -2.27. The zero-order valence-corrected chi connectivity index (χ0v) is 11.3. The Kier molecular flexibility index (Phi) is 4.42. The number of carbonyl (C=O) groups is 1. The largest absolute Gasteiger partial charge is 0.294 e. The molecular formula is C16H26O. The Hall–Kier alpha value is -0.590. The molecule has 2 rings (SSSR count). The number of rotatable bonds is 3. The van der Waals surface area contributed by atoms with Crippen molar-refractivity contribution in [3.63, 3.8) is 0 Å². The Labute approximate surface area is 106 Å². The maximum Gasteiger partial charge on any atom is 0.164 e. The van der Waals surface area contributed by atoms with Gasteiger partial charge >= 0.3 is 0 Å². The van der Waals surface area contributed by atoms with Gasteiger partial charge in [0.1, 0.15) is 0 Å². The Balaban J connectivity index is 2.11. The highest BCUT2D eigenvalue weighted by Gasteiger charge is 2.40. The molecule has 0 N–H and O–H groups in total. The van der Waals surface area contributed by atoms with Crippen LogP contribution in [0.3, 0.4) is 0 Å². The first-order chi connectivity index (χ1) is 8.28. The second-order valence-corrected chi connectivity index (χ2v) is 5.85. The quantitative estimate of drug-likeness (QED) is 0.685. The topological polar surface area (TPSA) is 17.1 Å². The van der Waals surface area contributed by atoms with Gasteiger partial charge in [-0.25, -0.2) is 0 Å². The lowest BCUT2D eigenvalue weighted by molar-refractivity contribution is -0.125. The van der Waals surface area contributed by atoms with E-state index in [0.717, 1.165) is 32.1 Å². The van der Waals surface area contributed by atoms with Gasteiger partial charge in [-0.3, -0.25) is 4.79 Å². The molecule has 0 unspecified atom stereocenters. The summed E-state index contributed by atoms with van der Waals surface area (Å²) in [4.78, 5) is 12.8. The summed E-state index contributed by atoms with van der Waals surface area (Å²) in [5, 5.41) is 0. The van der Waals surface area contributed by atoms with E-state index in [2.05, 4.69) is 13.0 Å². The van der Waals surface area contributed by atoms with Crippen molar-refractivity contribution in [3.05, 3.63) is 11.6 Å². The van der Waals surface area contributed by atoms with Crippen LogP contribution in [-0.4, -0.2) is 5.78 Å². The molecule has 0 aromatic heterocycles. The van der Waals surface area contributed by atoms with Gasteiger partial charge in [0.05, 0.1) is 0 Å². The normalized spacial score (nSPS) is 24.9. The van der Waals surface area contributed by atoms with E-state index in [9.17, 15) is 4.79 Å². The lowest BCUT2D eigenvalue weighted by Crippen LogP contribution is -2.29. The average Bonchev–Trinajstić information content (AvgIpc) is 2.77. The van der Waals surface area contributed by atoms with Gasteiger partial charge in [-0.05, 0) is 50.5 Å². The smallest absolute Gasteiger partial charge is 0.164 e. The summed E-state index contributed by atoms with van der Waals surface area (Å²) in [6.07, 6.45) is 15.4. The maximum absolute atomic E-state index is 12.8. The first kappa shape index (κ1) is 12.9. The van der Waals surface area contributed by atoms with Gasteiger partial charge in [0.25, 0.3) is 0 Å². The van der Waals surface area contributed by atoms with E-state index in [0.29, 0.717) is 5.78 Å². The van der Waals surface area contributed by atoms with E-state index in [1.165, 1.54) is 44.1 Å². The first-order valence-corrected chi connectivity index (χ1v) is 7.52. The van der Waals surface area contributed by atoms with Crippen molar-refractivity contribution >= 4 is 5.78 Å². The fourth-order valence-electron chi connectivity index (χ4n) is 3.53. The summed E-state index contributed by atoms with van der Waals surface area (Å²) in [7, 11) is 0. The molecule has 96 valence electrons. The third kappa shape index (κ3) is 2.81. The predicted molar refractivity (Wildman–Crippen MR) is 72.0 cm³/mol. The number of Topliss-reactive ketones (excluding diaryl/α,β-unsaturated/α-hetero) is 1. The van der Waals surface area contributed by atoms with Crippen LogP contribution in [0.5, 0.6) is 0 Å². The standard InChI is InChI=1S/C16H26O/c1-2-16(12-8-9-13-16)15(17)14-10-6-4-3-5-7-11-14/h10H,2-9,11-13H2,1H3. The van der Waals surface area contributed by atoms with Crippen LogP contribution >= 0.6 is 0 Å². The number of allylic oxidation sites excluding steroid dienone is 2. The fourth-order valence-corrected chi connectivity index (χ4v) is 3.53. The van der Waals surface area contributed by atoms with E-state index in [4.69, 9.17) is 0 Å². The molecule has 0 saturated heterocycles. The molecular weight excluding hydrogens is 208 g/mol. The Morgan fingerprint density at radius 2 is 1.82 bits per heavy atom. The number of ketones is 1. The molecule has 2 aliphatic rings. The molecule has 2 aliphatic carbocycles. The Morgan fingerprint density at radius 1 is 1.12 bits per heavy atom. The van der Waals surface area contributed by atoms with E-state index < -0.39 is 0 Å². The molecule has 0 aliphatic heterocycles. The van der Waals surface area contributed by atoms with E-state index in [-0.39, 0.29) is 5.41 Å². The second-order valence-electron chi connectivity index (χ2n) is 5.85. The summed E-state index contributed by atoms with van der Waals surface area (Å²) < 4.78 is 0. The molecule has 1 fully saturated rings. The highest BCUT2D eigenvalue weighted by atomic mass is 16.1. The van der Waals surface area contributed by atoms with Gasteiger partial charge in [-0.1, -0.05) is 38.7 Å². The van der Waals surface area contributed by atoms with Crippen LogP contribution in [0.2, 0.25) is 0 Å². The van der Waals surface area contributed by atoms with Crippen LogP contribution in [0.1, 0.15) is 77.6 Å². The van der Waals surface area contributed by atoms with Crippen molar-refractivity contribution in [2.45, 2.75) is 77.6 Å². The predicted octanol–water partition coefficient (Wildman–Crippen LogP) is 4.81. The van der Waals surface area contributed by atoms with Gasteiger partial charge in [0.15, 0.2) is 5.78 Å². The number of hydrogen-bond donors (Lipinski definition) is 0. The third-order valence-corrected chi connectivity index (χ3v) is 4.80. The maximum atomic E-state index is 12.8. The van der Waals surface area contributed by atoms with Gasteiger partial charge in [0.2, 0.25) is 0 Å². The summed E-state index contributed by atoms with van der Waals surface area (Å²) in [6.45, 7) is 2.20. The van der Waals surface area contributed by atoms with Crippen LogP contribution < -0.4 is 0 Å². The van der Waals surface area contributed by atoms with Crippen LogP contribution in [0.15, 0.2) is 11.6 Å². The van der Waals surface area contributed by atoms with Crippen LogP contribution in [0.25, 0.3) is 0 Å². The highest BCUT2D eigenvalue weighted by molar-refractivity contribution is 6.00. The van der Waals surface area contributed by atoms with Crippen molar-refractivity contribution in [3.8, 4) is 0 Å². The zero-order chi connectivity index (χ0) is 12.1. The first-order valence-electron chi connectivity index (χ1n) is 7.52. The summed E-state index contributed by atoms with van der Waals surface area (Å²) in [6, 6.07) is 0. The van der Waals surface area contributed by atoms with Crippen LogP contribution in [-0.2, 0) is 4.79 Å². The molecule has 1 saturated carbocycles. The summed E-state index contributed by atoms with van der Waals surface area (Å²) in [5.74, 6) is 0.513. The Morgan fingerprint density at radius 3 is 2.53 bits per heavy atom. The second kappa shape index (κ2) is 5.84. The summed E-state index contributed by atoms with van der Waals surface area (Å²) in [5.41, 5.74) is 1.21. The molecule has 0 heterocycles. The summed E-state index contributed by atoms with van der Waals surface area (Å²) >= 11 is 0. The minimum atomic E-state index is 0.0328. The number of carbonyl (C=O) groups excluding carboxylic acids is 1. The van der Waals surface area contributed by atoms with Crippen LogP contribution in [0.4, 0.5) is 0 Å². The number of hydrogen-bond acceptors (Lipinski definition) is 1. The van der Waals surface area contributed by atoms with Gasteiger partial charge < -0.3 is 0 Å². The molecule has 0 radical (unpaired) electrons. The van der Waals surface area contributed by atoms with Crippen molar-refractivity contribution in [1.29, 1.82) is 0 Å². The minimum absolute atomic E-state index is 0.0328. The van der Waals surface area contributed by atoms with E-state index in [1.807, 2.05) is 0 Å². The van der Waals surface area contributed by atoms with E-state index >= 15 is 0 Å². The molecule has 0 spiro atoms. The monoisotopic (exact) mass is 234 g/mol.